The Bertz CT molecular complexity index is 584. The van der Waals surface area contributed by atoms with E-state index in [9.17, 15) is 9.18 Å². The molecule has 0 unspecified atom stereocenters. The van der Waals surface area contributed by atoms with Gasteiger partial charge in [0, 0.05) is 11.9 Å². The average Bonchev–Trinajstić information content (AvgIpc) is 2.35. The van der Waals surface area contributed by atoms with Gasteiger partial charge in [-0.15, -0.1) is 0 Å². The number of amides is 1. The number of benzene rings is 1. The summed E-state index contributed by atoms with van der Waals surface area (Å²) in [7, 11) is 0. The van der Waals surface area contributed by atoms with E-state index in [0.717, 1.165) is 0 Å². The number of aromatic nitrogens is 1. The molecule has 18 heavy (non-hydrogen) atoms. The number of hydrogen-bond acceptors (Lipinski definition) is 3. The van der Waals surface area contributed by atoms with Gasteiger partial charge in [-0.1, -0.05) is 0 Å². The van der Waals surface area contributed by atoms with Gasteiger partial charge in [0.25, 0.3) is 5.91 Å². The predicted molar refractivity (Wildman–Crippen MR) is 67.7 cm³/mol. The fraction of sp³-hybridized carbons (Fsp3) is 0.0769. The smallest absolute Gasteiger partial charge is 0.258 e. The summed E-state index contributed by atoms with van der Waals surface area (Å²) in [6.07, 6.45) is 3.07. The molecular formula is C13H12FN3O. The summed E-state index contributed by atoms with van der Waals surface area (Å²) in [4.78, 5) is 15.8. The van der Waals surface area contributed by atoms with Crippen LogP contribution in [0.15, 0.2) is 36.7 Å². The molecule has 0 fully saturated rings. The SMILES string of the molecule is Cc1cc(N)cc(C(=O)Nc2cccnc2)c1F. The maximum atomic E-state index is 13.8. The number of nitrogens with two attached hydrogens (primary N) is 1. The van der Waals surface area contributed by atoms with Crippen molar-refractivity contribution < 1.29 is 9.18 Å². The number of aryl methyl sites for hydroxylation is 1. The van der Waals surface area contributed by atoms with Gasteiger partial charge in [-0.2, -0.15) is 0 Å². The van der Waals surface area contributed by atoms with E-state index < -0.39 is 11.7 Å². The van der Waals surface area contributed by atoms with Crippen LogP contribution in [0.25, 0.3) is 0 Å². The van der Waals surface area contributed by atoms with Gasteiger partial charge in [0.05, 0.1) is 17.4 Å². The van der Waals surface area contributed by atoms with Crippen molar-refractivity contribution in [2.45, 2.75) is 6.92 Å². The molecule has 1 amide bonds. The molecule has 5 heteroatoms. The minimum absolute atomic E-state index is 0.0728. The number of carbonyl (C=O) groups excluding carboxylic acids is 1. The van der Waals surface area contributed by atoms with Crippen molar-refractivity contribution in [3.63, 3.8) is 0 Å². The minimum atomic E-state index is -0.564. The lowest BCUT2D eigenvalue weighted by atomic mass is 10.1. The summed E-state index contributed by atoms with van der Waals surface area (Å²) in [6.45, 7) is 1.56. The van der Waals surface area contributed by atoms with Crippen LogP contribution in [0, 0.1) is 12.7 Å². The van der Waals surface area contributed by atoms with Crippen molar-refractivity contribution in [2.24, 2.45) is 0 Å². The van der Waals surface area contributed by atoms with Crippen LogP contribution in [-0.2, 0) is 0 Å². The van der Waals surface area contributed by atoms with E-state index in [-0.39, 0.29) is 5.56 Å². The molecule has 4 nitrogen and oxygen atoms in total. The third kappa shape index (κ3) is 2.45. The zero-order chi connectivity index (χ0) is 13.1. The van der Waals surface area contributed by atoms with Crippen LogP contribution in [0.3, 0.4) is 0 Å². The van der Waals surface area contributed by atoms with E-state index in [1.165, 1.54) is 18.3 Å². The Kier molecular flexibility index (Phi) is 3.23. The van der Waals surface area contributed by atoms with Gasteiger partial charge in [-0.3, -0.25) is 9.78 Å². The molecule has 0 spiro atoms. The normalized spacial score (nSPS) is 10.1. The second-order valence-electron chi connectivity index (χ2n) is 3.90. The number of carbonyl (C=O) groups is 1. The number of anilines is 2. The number of pyridine rings is 1. The molecule has 2 rings (SSSR count). The van der Waals surface area contributed by atoms with Crippen molar-refractivity contribution in [1.82, 2.24) is 4.98 Å². The molecule has 3 N–H and O–H groups in total. The van der Waals surface area contributed by atoms with Crippen LogP contribution in [0.2, 0.25) is 0 Å². The zero-order valence-corrected chi connectivity index (χ0v) is 9.77. The number of nitrogen functional groups attached to an aromatic ring is 1. The summed E-state index contributed by atoms with van der Waals surface area (Å²) in [5, 5.41) is 2.56. The van der Waals surface area contributed by atoms with Crippen molar-refractivity contribution in [3.8, 4) is 0 Å². The Balaban J connectivity index is 2.30. The van der Waals surface area contributed by atoms with E-state index >= 15 is 0 Å². The molecule has 1 aromatic heterocycles. The summed E-state index contributed by atoms with van der Waals surface area (Å²) in [6, 6.07) is 6.14. The molecule has 0 radical (unpaired) electrons. The first-order valence-electron chi connectivity index (χ1n) is 5.35. The van der Waals surface area contributed by atoms with Gasteiger partial charge in [-0.25, -0.2) is 4.39 Å². The summed E-state index contributed by atoms with van der Waals surface area (Å²) in [5.74, 6) is -1.11. The maximum Gasteiger partial charge on any atom is 0.258 e. The summed E-state index contributed by atoms with van der Waals surface area (Å²) in [5.41, 5.74) is 6.72. The van der Waals surface area contributed by atoms with E-state index in [2.05, 4.69) is 10.3 Å². The van der Waals surface area contributed by atoms with E-state index in [0.29, 0.717) is 16.9 Å². The molecule has 1 aromatic carbocycles. The van der Waals surface area contributed by atoms with Crippen LogP contribution in [0.5, 0.6) is 0 Å². The molecule has 0 aliphatic carbocycles. The first-order valence-corrected chi connectivity index (χ1v) is 5.35. The molecule has 0 bridgehead atoms. The Hall–Kier alpha value is -2.43. The van der Waals surface area contributed by atoms with E-state index in [1.807, 2.05) is 0 Å². The highest BCUT2D eigenvalue weighted by molar-refractivity contribution is 6.05. The average molecular weight is 245 g/mol. The molecule has 0 saturated carbocycles. The van der Waals surface area contributed by atoms with Gasteiger partial charge in [0.2, 0.25) is 0 Å². The number of rotatable bonds is 2. The topological polar surface area (TPSA) is 68.0 Å². The molecule has 0 aliphatic heterocycles. The van der Waals surface area contributed by atoms with E-state index in [1.54, 1.807) is 25.3 Å². The maximum absolute atomic E-state index is 13.8. The van der Waals surface area contributed by atoms with Crippen LogP contribution >= 0.6 is 0 Å². The van der Waals surface area contributed by atoms with Crippen molar-refractivity contribution >= 4 is 17.3 Å². The second-order valence-corrected chi connectivity index (χ2v) is 3.90. The first-order chi connectivity index (χ1) is 8.58. The Morgan fingerprint density at radius 1 is 1.44 bits per heavy atom. The summed E-state index contributed by atoms with van der Waals surface area (Å²) >= 11 is 0. The van der Waals surface area contributed by atoms with Crippen LogP contribution in [0.1, 0.15) is 15.9 Å². The molecular weight excluding hydrogens is 233 g/mol. The Morgan fingerprint density at radius 3 is 2.89 bits per heavy atom. The predicted octanol–water partition coefficient (Wildman–Crippen LogP) is 2.36. The van der Waals surface area contributed by atoms with Crippen LogP contribution in [0.4, 0.5) is 15.8 Å². The third-order valence-electron chi connectivity index (χ3n) is 2.44. The fourth-order valence-electron chi connectivity index (χ4n) is 1.60. The number of nitrogens with zero attached hydrogens (tertiary/aromatic N) is 1. The second kappa shape index (κ2) is 4.83. The third-order valence-corrected chi connectivity index (χ3v) is 2.44. The van der Waals surface area contributed by atoms with Gasteiger partial charge < -0.3 is 11.1 Å². The quantitative estimate of drug-likeness (QED) is 0.798. The molecule has 92 valence electrons. The molecule has 2 aromatic rings. The van der Waals surface area contributed by atoms with Crippen molar-refractivity contribution in [1.29, 1.82) is 0 Å². The zero-order valence-electron chi connectivity index (χ0n) is 9.77. The van der Waals surface area contributed by atoms with Crippen molar-refractivity contribution in [3.05, 3.63) is 53.6 Å². The van der Waals surface area contributed by atoms with Crippen LogP contribution < -0.4 is 11.1 Å². The summed E-state index contributed by atoms with van der Waals surface area (Å²) < 4.78 is 13.8. The monoisotopic (exact) mass is 245 g/mol. The van der Waals surface area contributed by atoms with Gasteiger partial charge >= 0.3 is 0 Å². The highest BCUT2D eigenvalue weighted by Crippen LogP contribution is 2.18. The fourth-order valence-corrected chi connectivity index (χ4v) is 1.60. The highest BCUT2D eigenvalue weighted by Gasteiger charge is 2.14. The highest BCUT2D eigenvalue weighted by atomic mass is 19.1. The Labute approximate surface area is 104 Å². The molecule has 1 heterocycles. The van der Waals surface area contributed by atoms with Crippen LogP contribution in [-0.4, -0.2) is 10.9 Å². The lowest BCUT2D eigenvalue weighted by Gasteiger charge is -2.08. The van der Waals surface area contributed by atoms with Gasteiger partial charge in [0.15, 0.2) is 0 Å². The standard InChI is InChI=1S/C13H12FN3O/c1-8-5-9(15)6-11(12(8)14)13(18)17-10-3-2-4-16-7-10/h2-7H,15H2,1H3,(H,17,18). The lowest BCUT2D eigenvalue weighted by molar-refractivity contribution is 0.102. The number of hydrogen-bond donors (Lipinski definition) is 2. The van der Waals surface area contributed by atoms with Crippen molar-refractivity contribution in [2.75, 3.05) is 11.1 Å². The first kappa shape index (κ1) is 12.0. The molecule has 0 saturated heterocycles. The molecule has 0 atom stereocenters. The lowest BCUT2D eigenvalue weighted by Crippen LogP contribution is -2.15. The number of nitrogens with one attached hydrogen (secondary N) is 1. The van der Waals surface area contributed by atoms with Gasteiger partial charge in [-0.05, 0) is 36.8 Å². The van der Waals surface area contributed by atoms with E-state index in [4.69, 9.17) is 5.73 Å². The largest absolute Gasteiger partial charge is 0.399 e. The number of halogens is 1. The Morgan fingerprint density at radius 2 is 2.22 bits per heavy atom. The van der Waals surface area contributed by atoms with Gasteiger partial charge in [0.1, 0.15) is 5.82 Å². The molecule has 0 aliphatic rings. The minimum Gasteiger partial charge on any atom is -0.399 e.